The van der Waals surface area contributed by atoms with Crippen LogP contribution in [0.5, 0.6) is 0 Å². The number of nitrogens with zero attached hydrogens (tertiary/aromatic N) is 1. The first-order valence-corrected chi connectivity index (χ1v) is 8.23. The molecule has 0 unspecified atom stereocenters. The summed E-state index contributed by atoms with van der Waals surface area (Å²) in [5.74, 6) is 5.89. The van der Waals surface area contributed by atoms with Gasteiger partial charge in [-0.1, -0.05) is 11.8 Å². The average Bonchev–Trinajstić information content (AvgIpc) is 3.09. The number of hydrogen-bond donors (Lipinski definition) is 2. The normalized spacial score (nSPS) is 14.8. The molecule has 1 aromatic heterocycles. The van der Waals surface area contributed by atoms with Crippen LogP contribution in [-0.4, -0.2) is 48.7 Å². The Morgan fingerprint density at radius 1 is 1.48 bits per heavy atom. The van der Waals surface area contributed by atoms with Gasteiger partial charge in [-0.25, -0.2) is 0 Å². The van der Waals surface area contributed by atoms with Crippen molar-refractivity contribution in [1.82, 2.24) is 10.2 Å². The molecule has 5 heteroatoms. The number of rotatable bonds is 5. The lowest BCUT2D eigenvalue weighted by Gasteiger charge is -2.14. The molecule has 0 bridgehead atoms. The third-order valence-electron chi connectivity index (χ3n) is 3.49. The first-order chi connectivity index (χ1) is 10.2. The van der Waals surface area contributed by atoms with E-state index in [2.05, 4.69) is 22.1 Å². The number of likely N-dealkylation sites (tertiary alicyclic amines) is 1. The Hall–Kier alpha value is -1.35. The molecule has 0 radical (unpaired) electrons. The summed E-state index contributed by atoms with van der Waals surface area (Å²) < 4.78 is 0. The number of aliphatic hydroxyl groups is 1. The highest BCUT2D eigenvalue weighted by Crippen LogP contribution is 2.20. The van der Waals surface area contributed by atoms with Crippen molar-refractivity contribution in [1.29, 1.82) is 0 Å². The molecule has 4 nitrogen and oxygen atoms in total. The molecule has 1 aliphatic rings. The van der Waals surface area contributed by atoms with E-state index in [1.165, 1.54) is 24.2 Å². The van der Waals surface area contributed by atoms with Crippen LogP contribution in [0.2, 0.25) is 0 Å². The fraction of sp³-hybridized carbons (Fsp3) is 0.562. The average molecular weight is 306 g/mol. The van der Waals surface area contributed by atoms with Crippen LogP contribution < -0.4 is 5.32 Å². The standard InChI is InChI=1S/C16H22N2O2S/c1-13-12-15(21-14(13)6-2-5-11-19)16(20)17-7-10-18-8-3-4-9-18/h12,19H,3-5,7-11H2,1H3,(H,17,20). The molecule has 21 heavy (non-hydrogen) atoms. The minimum atomic E-state index is -0.0162. The van der Waals surface area contributed by atoms with Crippen LogP contribution in [-0.2, 0) is 0 Å². The molecule has 1 aliphatic heterocycles. The van der Waals surface area contributed by atoms with Crippen molar-refractivity contribution < 1.29 is 9.90 Å². The predicted octanol–water partition coefficient (Wildman–Crippen LogP) is 1.62. The Labute approximate surface area is 130 Å². The van der Waals surface area contributed by atoms with E-state index in [0.717, 1.165) is 30.1 Å². The Kier molecular flexibility index (Phi) is 6.24. The maximum absolute atomic E-state index is 12.1. The Morgan fingerprint density at radius 2 is 2.24 bits per heavy atom. The zero-order valence-electron chi connectivity index (χ0n) is 12.4. The lowest BCUT2D eigenvalue weighted by atomic mass is 10.2. The van der Waals surface area contributed by atoms with Crippen molar-refractivity contribution in [2.75, 3.05) is 32.8 Å². The van der Waals surface area contributed by atoms with Crippen LogP contribution in [0.4, 0.5) is 0 Å². The number of thiophene rings is 1. The van der Waals surface area contributed by atoms with Gasteiger partial charge in [-0.15, -0.1) is 11.3 Å². The smallest absolute Gasteiger partial charge is 0.261 e. The third kappa shape index (κ3) is 4.85. The van der Waals surface area contributed by atoms with Crippen molar-refractivity contribution >= 4 is 17.2 Å². The maximum atomic E-state index is 12.1. The minimum Gasteiger partial charge on any atom is -0.395 e. The van der Waals surface area contributed by atoms with Crippen LogP contribution >= 0.6 is 11.3 Å². The molecule has 1 amide bonds. The molecule has 2 rings (SSSR count). The lowest BCUT2D eigenvalue weighted by molar-refractivity contribution is 0.0953. The summed E-state index contributed by atoms with van der Waals surface area (Å²) in [6.07, 6.45) is 3.01. The quantitative estimate of drug-likeness (QED) is 0.813. The Bertz CT molecular complexity index is 536. The Balaban J connectivity index is 1.84. The van der Waals surface area contributed by atoms with Crippen LogP contribution in [0.25, 0.3) is 0 Å². The predicted molar refractivity (Wildman–Crippen MR) is 85.6 cm³/mol. The zero-order valence-corrected chi connectivity index (χ0v) is 13.3. The topological polar surface area (TPSA) is 52.6 Å². The second-order valence-electron chi connectivity index (χ2n) is 5.20. The van der Waals surface area contributed by atoms with Crippen LogP contribution in [0.15, 0.2) is 6.07 Å². The molecule has 0 aromatic carbocycles. The van der Waals surface area contributed by atoms with Crippen molar-refractivity contribution in [2.45, 2.75) is 26.2 Å². The SMILES string of the molecule is Cc1cc(C(=O)NCCN2CCCC2)sc1C#CCCO. The second-order valence-corrected chi connectivity index (χ2v) is 6.26. The van der Waals surface area contributed by atoms with Gasteiger partial charge in [0.05, 0.1) is 16.4 Å². The number of nitrogens with one attached hydrogen (secondary N) is 1. The van der Waals surface area contributed by atoms with Gasteiger partial charge in [-0.05, 0) is 44.5 Å². The van der Waals surface area contributed by atoms with Gasteiger partial charge in [0.15, 0.2) is 0 Å². The first kappa shape index (κ1) is 16.0. The highest BCUT2D eigenvalue weighted by atomic mass is 32.1. The van der Waals surface area contributed by atoms with E-state index in [1.54, 1.807) is 0 Å². The van der Waals surface area contributed by atoms with E-state index in [1.807, 2.05) is 13.0 Å². The Morgan fingerprint density at radius 3 is 2.95 bits per heavy atom. The van der Waals surface area contributed by atoms with Gasteiger partial charge in [0, 0.05) is 19.5 Å². The number of aliphatic hydroxyl groups excluding tert-OH is 1. The van der Waals surface area contributed by atoms with Gasteiger partial charge >= 0.3 is 0 Å². The monoisotopic (exact) mass is 306 g/mol. The molecule has 1 fully saturated rings. The highest BCUT2D eigenvalue weighted by molar-refractivity contribution is 7.14. The van der Waals surface area contributed by atoms with Crippen LogP contribution in [0.1, 0.15) is 39.4 Å². The van der Waals surface area contributed by atoms with Gasteiger partial charge < -0.3 is 15.3 Å². The molecule has 2 N–H and O–H groups in total. The number of hydrogen-bond acceptors (Lipinski definition) is 4. The molecule has 0 atom stereocenters. The summed E-state index contributed by atoms with van der Waals surface area (Å²) in [7, 11) is 0. The summed E-state index contributed by atoms with van der Waals surface area (Å²) in [5, 5.41) is 11.7. The minimum absolute atomic E-state index is 0.0162. The van der Waals surface area contributed by atoms with Gasteiger partial charge in [-0.2, -0.15) is 0 Å². The molecule has 0 saturated carbocycles. The molecule has 2 heterocycles. The van der Waals surface area contributed by atoms with E-state index in [0.29, 0.717) is 17.8 Å². The number of carbonyl (C=O) groups excluding carboxylic acids is 1. The summed E-state index contributed by atoms with van der Waals surface area (Å²) in [6, 6.07) is 1.89. The summed E-state index contributed by atoms with van der Waals surface area (Å²) in [4.78, 5) is 16.1. The fourth-order valence-corrected chi connectivity index (χ4v) is 3.30. The van der Waals surface area contributed by atoms with Crippen LogP contribution in [0.3, 0.4) is 0 Å². The van der Waals surface area contributed by atoms with E-state index < -0.39 is 0 Å². The van der Waals surface area contributed by atoms with Gasteiger partial charge in [0.2, 0.25) is 0 Å². The van der Waals surface area contributed by atoms with E-state index in [9.17, 15) is 4.79 Å². The molecule has 1 aromatic rings. The molecule has 1 saturated heterocycles. The lowest BCUT2D eigenvalue weighted by Crippen LogP contribution is -2.33. The molecular formula is C16H22N2O2S. The van der Waals surface area contributed by atoms with Crippen molar-refractivity contribution in [3.8, 4) is 11.8 Å². The second kappa shape index (κ2) is 8.18. The van der Waals surface area contributed by atoms with Crippen molar-refractivity contribution in [3.05, 3.63) is 21.4 Å². The molecule has 0 spiro atoms. The summed E-state index contributed by atoms with van der Waals surface area (Å²) in [6.45, 7) is 5.96. The number of amides is 1. The molecular weight excluding hydrogens is 284 g/mol. The van der Waals surface area contributed by atoms with Gasteiger partial charge in [0.1, 0.15) is 0 Å². The third-order valence-corrected chi connectivity index (χ3v) is 4.64. The summed E-state index contributed by atoms with van der Waals surface area (Å²) in [5.41, 5.74) is 1.02. The summed E-state index contributed by atoms with van der Waals surface area (Å²) >= 11 is 1.42. The fourth-order valence-electron chi connectivity index (χ4n) is 2.34. The highest BCUT2D eigenvalue weighted by Gasteiger charge is 2.13. The van der Waals surface area contributed by atoms with E-state index in [4.69, 9.17) is 5.11 Å². The maximum Gasteiger partial charge on any atom is 0.261 e. The van der Waals surface area contributed by atoms with Crippen molar-refractivity contribution in [2.24, 2.45) is 0 Å². The zero-order chi connectivity index (χ0) is 15.1. The molecule has 114 valence electrons. The van der Waals surface area contributed by atoms with E-state index >= 15 is 0 Å². The van der Waals surface area contributed by atoms with Gasteiger partial charge in [-0.3, -0.25) is 4.79 Å². The van der Waals surface area contributed by atoms with E-state index in [-0.39, 0.29) is 12.5 Å². The van der Waals surface area contributed by atoms with Gasteiger partial charge in [0.25, 0.3) is 5.91 Å². The molecule has 0 aliphatic carbocycles. The van der Waals surface area contributed by atoms with Crippen molar-refractivity contribution in [3.63, 3.8) is 0 Å². The first-order valence-electron chi connectivity index (χ1n) is 7.41. The largest absolute Gasteiger partial charge is 0.395 e. The van der Waals surface area contributed by atoms with Crippen LogP contribution in [0, 0.1) is 18.8 Å². The number of carbonyl (C=O) groups is 1. The number of aryl methyl sites for hydroxylation is 1.